The molecule has 1 heterocycles. The summed E-state index contributed by atoms with van der Waals surface area (Å²) in [6, 6.07) is 11.2. The lowest BCUT2D eigenvalue weighted by molar-refractivity contribution is 0.155. The van der Waals surface area contributed by atoms with Gasteiger partial charge in [-0.25, -0.2) is 4.79 Å². The summed E-state index contributed by atoms with van der Waals surface area (Å²) in [6.07, 6.45) is 0.927. The minimum absolute atomic E-state index is 0.152. The molecule has 6 heteroatoms. The summed E-state index contributed by atoms with van der Waals surface area (Å²) in [5.41, 5.74) is 1.38. The second kappa shape index (κ2) is 5.69. The van der Waals surface area contributed by atoms with Gasteiger partial charge in [0.15, 0.2) is 5.69 Å². The summed E-state index contributed by atoms with van der Waals surface area (Å²) in [5.74, 6) is 0. The zero-order chi connectivity index (χ0) is 13.7. The highest BCUT2D eigenvalue weighted by Crippen LogP contribution is 2.12. The van der Waals surface area contributed by atoms with Crippen LogP contribution in [0.4, 0.5) is 10.5 Å². The molecule has 0 aliphatic heterocycles. The molecule has 1 aromatic heterocycles. The van der Waals surface area contributed by atoms with Crippen LogP contribution in [0.3, 0.4) is 0 Å². The lowest BCUT2D eigenvalue weighted by atomic mass is 10.2. The highest BCUT2D eigenvalue weighted by atomic mass is 16.5. The maximum Gasteiger partial charge on any atom is 0.412 e. The van der Waals surface area contributed by atoms with Gasteiger partial charge in [0.2, 0.25) is 0 Å². The first-order chi connectivity index (χ1) is 9.19. The van der Waals surface area contributed by atoms with E-state index in [4.69, 9.17) is 10.00 Å². The maximum absolute atomic E-state index is 11.6. The van der Waals surface area contributed by atoms with Crippen LogP contribution in [0, 0.1) is 11.3 Å². The van der Waals surface area contributed by atoms with E-state index in [0.717, 1.165) is 5.56 Å². The first kappa shape index (κ1) is 12.6. The van der Waals surface area contributed by atoms with Crippen molar-refractivity contribution in [1.29, 1.82) is 5.26 Å². The van der Waals surface area contributed by atoms with Gasteiger partial charge in [-0.05, 0) is 5.56 Å². The number of rotatable bonds is 3. The van der Waals surface area contributed by atoms with E-state index < -0.39 is 6.09 Å². The number of nitrogens with zero attached hydrogens (tertiary/aromatic N) is 3. The van der Waals surface area contributed by atoms with Crippen LogP contribution in [-0.2, 0) is 18.4 Å². The maximum atomic E-state index is 11.6. The molecule has 0 atom stereocenters. The van der Waals surface area contributed by atoms with Gasteiger partial charge in [-0.2, -0.15) is 10.4 Å². The fraction of sp³-hybridized carbons (Fsp3) is 0.154. The van der Waals surface area contributed by atoms with Crippen molar-refractivity contribution in [3.05, 3.63) is 47.8 Å². The van der Waals surface area contributed by atoms with Crippen molar-refractivity contribution in [2.45, 2.75) is 6.61 Å². The molecular weight excluding hydrogens is 244 g/mol. The molecule has 2 aromatic rings. The predicted octanol–water partition coefficient (Wildman–Crippen LogP) is 2.04. The number of hydrogen-bond acceptors (Lipinski definition) is 4. The number of benzene rings is 1. The first-order valence-corrected chi connectivity index (χ1v) is 5.60. The molecule has 0 radical (unpaired) electrons. The quantitative estimate of drug-likeness (QED) is 0.911. The Bertz CT molecular complexity index is 613. The average Bonchev–Trinajstić information content (AvgIpc) is 2.77. The van der Waals surface area contributed by atoms with Crippen LogP contribution in [0.1, 0.15) is 11.3 Å². The van der Waals surface area contributed by atoms with Crippen LogP contribution in [0.25, 0.3) is 0 Å². The lowest BCUT2D eigenvalue weighted by Gasteiger charge is -2.05. The number of hydrogen-bond donors (Lipinski definition) is 1. The first-order valence-electron chi connectivity index (χ1n) is 5.60. The van der Waals surface area contributed by atoms with E-state index in [-0.39, 0.29) is 12.3 Å². The minimum Gasteiger partial charge on any atom is -0.444 e. The van der Waals surface area contributed by atoms with E-state index in [1.165, 1.54) is 4.68 Å². The summed E-state index contributed by atoms with van der Waals surface area (Å²) in [5, 5.41) is 15.2. The molecule has 19 heavy (non-hydrogen) atoms. The molecule has 2 rings (SSSR count). The number of nitriles is 1. The molecule has 1 N–H and O–H groups in total. The number of aromatic nitrogens is 2. The van der Waals surface area contributed by atoms with Crippen LogP contribution in [0.15, 0.2) is 36.5 Å². The molecule has 6 nitrogen and oxygen atoms in total. The molecule has 0 unspecified atom stereocenters. The highest BCUT2D eigenvalue weighted by Gasteiger charge is 2.11. The second-order valence-electron chi connectivity index (χ2n) is 3.86. The fourth-order valence-corrected chi connectivity index (χ4v) is 1.53. The molecule has 1 amide bonds. The van der Waals surface area contributed by atoms with Crippen LogP contribution in [0.2, 0.25) is 0 Å². The van der Waals surface area contributed by atoms with Crippen molar-refractivity contribution in [3.63, 3.8) is 0 Å². The van der Waals surface area contributed by atoms with Crippen molar-refractivity contribution in [2.75, 3.05) is 5.32 Å². The Morgan fingerprint density at radius 1 is 1.47 bits per heavy atom. The number of anilines is 1. The average molecular weight is 256 g/mol. The Morgan fingerprint density at radius 2 is 2.21 bits per heavy atom. The number of nitrogens with one attached hydrogen (secondary N) is 1. The van der Waals surface area contributed by atoms with Gasteiger partial charge in [-0.15, -0.1) is 0 Å². The summed E-state index contributed by atoms with van der Waals surface area (Å²) in [4.78, 5) is 11.6. The van der Waals surface area contributed by atoms with E-state index >= 15 is 0 Å². The van der Waals surface area contributed by atoms with E-state index in [1.54, 1.807) is 13.2 Å². The molecule has 0 aliphatic carbocycles. The SMILES string of the molecule is Cn1cc(NC(=O)OCc2ccccc2)c(C#N)n1. The van der Waals surface area contributed by atoms with Gasteiger partial charge < -0.3 is 4.74 Å². The van der Waals surface area contributed by atoms with E-state index in [9.17, 15) is 4.79 Å². The lowest BCUT2D eigenvalue weighted by Crippen LogP contribution is -2.13. The largest absolute Gasteiger partial charge is 0.444 e. The van der Waals surface area contributed by atoms with Crippen molar-refractivity contribution < 1.29 is 9.53 Å². The van der Waals surface area contributed by atoms with Crippen LogP contribution >= 0.6 is 0 Å². The van der Waals surface area contributed by atoms with Crippen LogP contribution < -0.4 is 5.32 Å². The Balaban J connectivity index is 1.93. The number of aryl methyl sites for hydroxylation is 1. The fourth-order valence-electron chi connectivity index (χ4n) is 1.53. The minimum atomic E-state index is -0.617. The normalized spacial score (nSPS) is 9.68. The summed E-state index contributed by atoms with van der Waals surface area (Å²) in [6.45, 7) is 0.175. The highest BCUT2D eigenvalue weighted by molar-refractivity contribution is 5.85. The molecule has 0 saturated heterocycles. The number of carbonyl (C=O) groups is 1. The molecule has 96 valence electrons. The van der Waals surface area contributed by atoms with E-state index in [1.807, 2.05) is 36.4 Å². The third kappa shape index (κ3) is 3.33. The van der Waals surface area contributed by atoms with Gasteiger partial charge in [0.1, 0.15) is 18.4 Å². The third-order valence-corrected chi connectivity index (χ3v) is 2.38. The Labute approximate surface area is 110 Å². The standard InChI is InChI=1S/C13H12N4O2/c1-17-8-12(11(7-14)16-17)15-13(18)19-9-10-5-3-2-4-6-10/h2-6,8H,9H2,1H3,(H,15,18). The topological polar surface area (TPSA) is 79.9 Å². The zero-order valence-corrected chi connectivity index (χ0v) is 10.3. The number of carbonyl (C=O) groups excluding carboxylic acids is 1. The Morgan fingerprint density at radius 3 is 2.89 bits per heavy atom. The smallest absolute Gasteiger partial charge is 0.412 e. The van der Waals surface area contributed by atoms with Crippen molar-refractivity contribution >= 4 is 11.8 Å². The molecule has 0 saturated carbocycles. The molecule has 0 spiro atoms. The Hall–Kier alpha value is -2.81. The van der Waals surface area contributed by atoms with E-state index in [2.05, 4.69) is 10.4 Å². The van der Waals surface area contributed by atoms with Crippen molar-refractivity contribution in [2.24, 2.45) is 7.05 Å². The summed E-state index contributed by atoms with van der Waals surface area (Å²) < 4.78 is 6.49. The van der Waals surface area contributed by atoms with Gasteiger partial charge in [0, 0.05) is 13.2 Å². The molecule has 1 aromatic carbocycles. The van der Waals surface area contributed by atoms with Crippen molar-refractivity contribution in [3.8, 4) is 6.07 Å². The van der Waals surface area contributed by atoms with Crippen molar-refractivity contribution in [1.82, 2.24) is 9.78 Å². The molecule has 0 fully saturated rings. The number of amides is 1. The van der Waals surface area contributed by atoms with Gasteiger partial charge >= 0.3 is 6.09 Å². The van der Waals surface area contributed by atoms with Crippen LogP contribution in [0.5, 0.6) is 0 Å². The van der Waals surface area contributed by atoms with Crippen LogP contribution in [-0.4, -0.2) is 15.9 Å². The van der Waals surface area contributed by atoms with Gasteiger partial charge in [-0.3, -0.25) is 10.00 Å². The Kier molecular flexibility index (Phi) is 3.78. The van der Waals surface area contributed by atoms with Gasteiger partial charge in [0.25, 0.3) is 0 Å². The van der Waals surface area contributed by atoms with Gasteiger partial charge in [-0.1, -0.05) is 30.3 Å². The zero-order valence-electron chi connectivity index (χ0n) is 10.3. The predicted molar refractivity (Wildman–Crippen MR) is 68.2 cm³/mol. The number of ether oxygens (including phenoxy) is 1. The van der Waals surface area contributed by atoms with E-state index in [0.29, 0.717) is 5.69 Å². The monoisotopic (exact) mass is 256 g/mol. The summed E-state index contributed by atoms with van der Waals surface area (Å²) >= 11 is 0. The molecule has 0 bridgehead atoms. The summed E-state index contributed by atoms with van der Waals surface area (Å²) in [7, 11) is 1.67. The second-order valence-corrected chi connectivity index (χ2v) is 3.86. The molecular formula is C13H12N4O2. The third-order valence-electron chi connectivity index (χ3n) is 2.38. The molecule has 0 aliphatic rings. The van der Waals surface area contributed by atoms with Gasteiger partial charge in [0.05, 0.1) is 0 Å².